The summed E-state index contributed by atoms with van der Waals surface area (Å²) in [4.78, 5) is 12.8. The highest BCUT2D eigenvalue weighted by atomic mass is 19.4. The summed E-state index contributed by atoms with van der Waals surface area (Å²) in [6.07, 6.45) is -3.61. The molecule has 1 N–H and O–H groups in total. The van der Waals surface area contributed by atoms with Crippen LogP contribution in [0.2, 0.25) is 0 Å². The van der Waals surface area contributed by atoms with Crippen molar-refractivity contribution in [2.24, 2.45) is 0 Å². The average molecular weight is 177 g/mol. The van der Waals surface area contributed by atoms with Gasteiger partial charge in [-0.3, -0.25) is 4.79 Å². The van der Waals surface area contributed by atoms with Gasteiger partial charge in [0.05, 0.1) is 11.3 Å². The number of ketones is 1. The van der Waals surface area contributed by atoms with Gasteiger partial charge >= 0.3 is 6.18 Å². The molecule has 5 heteroatoms. The molecule has 1 rings (SSSR count). The third kappa shape index (κ3) is 1.66. The molecule has 0 aromatic carbocycles. The molecule has 0 amide bonds. The van der Waals surface area contributed by atoms with Gasteiger partial charge in [0, 0.05) is 13.1 Å². The maximum absolute atomic E-state index is 11.9. The van der Waals surface area contributed by atoms with Gasteiger partial charge in [0.1, 0.15) is 0 Å². The maximum atomic E-state index is 11.9. The van der Waals surface area contributed by atoms with Crippen LogP contribution in [0.4, 0.5) is 13.2 Å². The normalized spacial score (nSPS) is 11.7. The van der Waals surface area contributed by atoms with Crippen molar-refractivity contribution in [2.75, 3.05) is 0 Å². The lowest BCUT2D eigenvalue weighted by Gasteiger charge is -2.00. The highest BCUT2D eigenvalue weighted by Gasteiger charge is 2.31. The molecule has 0 atom stereocenters. The number of hydrogen-bond acceptors (Lipinski definition) is 1. The number of nitrogens with one attached hydrogen (secondary N) is 1. The molecule has 0 aliphatic heterocycles. The molecule has 0 saturated carbocycles. The quantitative estimate of drug-likeness (QED) is 0.655. The van der Waals surface area contributed by atoms with Gasteiger partial charge in [-0.2, -0.15) is 13.2 Å². The molecule has 12 heavy (non-hydrogen) atoms. The van der Waals surface area contributed by atoms with E-state index in [2.05, 4.69) is 4.98 Å². The Morgan fingerprint density at radius 3 is 2.33 bits per heavy atom. The Hall–Kier alpha value is -1.26. The van der Waals surface area contributed by atoms with Crippen LogP contribution in [-0.2, 0) is 6.18 Å². The number of aromatic nitrogens is 1. The van der Waals surface area contributed by atoms with Crippen molar-refractivity contribution >= 4 is 5.78 Å². The van der Waals surface area contributed by atoms with E-state index in [1.54, 1.807) is 0 Å². The molecule has 0 bridgehead atoms. The van der Waals surface area contributed by atoms with Crippen molar-refractivity contribution in [3.63, 3.8) is 0 Å². The Labute approximate surface area is 66.4 Å². The van der Waals surface area contributed by atoms with Crippen LogP contribution in [0.25, 0.3) is 0 Å². The lowest BCUT2D eigenvalue weighted by Crippen LogP contribution is -2.02. The molecule has 1 aromatic rings. The number of carbonyl (C=O) groups excluding carboxylic acids is 1. The van der Waals surface area contributed by atoms with E-state index in [0.29, 0.717) is 0 Å². The molecule has 0 aliphatic rings. The Bertz CT molecular complexity index is 300. The van der Waals surface area contributed by atoms with Crippen molar-refractivity contribution in [1.29, 1.82) is 0 Å². The molecule has 2 nitrogen and oxygen atoms in total. The second-order valence-electron chi connectivity index (χ2n) is 2.36. The highest BCUT2D eigenvalue weighted by molar-refractivity contribution is 5.92. The number of hydrogen-bond donors (Lipinski definition) is 1. The van der Waals surface area contributed by atoms with Crippen molar-refractivity contribution in [2.45, 2.75) is 13.1 Å². The van der Waals surface area contributed by atoms with Gasteiger partial charge in [0.25, 0.3) is 0 Å². The number of carbonyl (C=O) groups is 1. The SMILES string of the molecule is CC(=O)c1cc(C(F)(F)F)c[nH]1. The van der Waals surface area contributed by atoms with Gasteiger partial charge in [-0.25, -0.2) is 0 Å². The van der Waals surface area contributed by atoms with E-state index in [-0.39, 0.29) is 5.69 Å². The van der Waals surface area contributed by atoms with E-state index in [0.717, 1.165) is 12.3 Å². The standard InChI is InChI=1S/C7H6F3NO/c1-4(12)6-2-5(3-11-6)7(8,9)10/h2-3,11H,1H3. The first-order chi connectivity index (χ1) is 5.41. The third-order valence-corrected chi connectivity index (χ3v) is 1.39. The molecule has 0 saturated heterocycles. The van der Waals surface area contributed by atoms with E-state index in [4.69, 9.17) is 0 Å². The van der Waals surface area contributed by atoms with E-state index >= 15 is 0 Å². The maximum Gasteiger partial charge on any atom is 0.417 e. The first-order valence-electron chi connectivity index (χ1n) is 3.18. The summed E-state index contributed by atoms with van der Waals surface area (Å²) < 4.78 is 35.8. The molecule has 0 spiro atoms. The zero-order valence-corrected chi connectivity index (χ0v) is 6.20. The third-order valence-electron chi connectivity index (χ3n) is 1.39. The van der Waals surface area contributed by atoms with Crippen LogP contribution in [0.3, 0.4) is 0 Å². The van der Waals surface area contributed by atoms with Crippen LogP contribution in [0.5, 0.6) is 0 Å². The lowest BCUT2D eigenvalue weighted by atomic mass is 10.2. The summed E-state index contributed by atoms with van der Waals surface area (Å²) in [6.45, 7) is 1.20. The molecular weight excluding hydrogens is 171 g/mol. The van der Waals surface area contributed by atoms with Gasteiger partial charge < -0.3 is 4.98 Å². The van der Waals surface area contributed by atoms with Crippen LogP contribution >= 0.6 is 0 Å². The van der Waals surface area contributed by atoms with Crippen molar-refractivity contribution in [1.82, 2.24) is 4.98 Å². The average Bonchev–Trinajstić information content (AvgIpc) is 2.30. The summed E-state index contributed by atoms with van der Waals surface area (Å²) >= 11 is 0. The van der Waals surface area contributed by atoms with Crippen molar-refractivity contribution in [3.05, 3.63) is 23.5 Å². The van der Waals surface area contributed by atoms with Gasteiger partial charge in [-0.1, -0.05) is 0 Å². The summed E-state index contributed by atoms with van der Waals surface area (Å²) in [5, 5.41) is 0. The van der Waals surface area contributed by atoms with Gasteiger partial charge in [-0.05, 0) is 6.07 Å². The minimum Gasteiger partial charge on any atom is -0.358 e. The Morgan fingerprint density at radius 1 is 1.50 bits per heavy atom. The number of aromatic amines is 1. The Kier molecular flexibility index (Phi) is 1.95. The minimum atomic E-state index is -4.38. The van der Waals surface area contributed by atoms with Gasteiger partial charge in [-0.15, -0.1) is 0 Å². The fourth-order valence-corrected chi connectivity index (χ4v) is 0.761. The van der Waals surface area contributed by atoms with Gasteiger partial charge in [0.15, 0.2) is 5.78 Å². The topological polar surface area (TPSA) is 32.9 Å². The number of rotatable bonds is 1. The summed E-state index contributed by atoms with van der Waals surface area (Å²) in [5.74, 6) is -0.412. The number of halogens is 3. The smallest absolute Gasteiger partial charge is 0.358 e. The molecule has 66 valence electrons. The Morgan fingerprint density at radius 2 is 2.08 bits per heavy atom. The molecule has 0 aliphatic carbocycles. The van der Waals surface area contributed by atoms with E-state index in [1.807, 2.05) is 0 Å². The Balaban J connectivity index is 3.00. The minimum absolute atomic E-state index is 0.0256. The zero-order valence-electron chi connectivity index (χ0n) is 6.20. The first kappa shape index (κ1) is 8.83. The predicted octanol–water partition coefficient (Wildman–Crippen LogP) is 2.24. The lowest BCUT2D eigenvalue weighted by molar-refractivity contribution is -0.137. The molecule has 1 aromatic heterocycles. The van der Waals surface area contributed by atoms with Crippen LogP contribution in [0.1, 0.15) is 23.0 Å². The number of Topliss-reactive ketones (excluding diaryl/α,β-unsaturated/α-hetero) is 1. The van der Waals surface area contributed by atoms with Crippen LogP contribution in [0.15, 0.2) is 12.3 Å². The van der Waals surface area contributed by atoms with E-state index in [1.165, 1.54) is 6.92 Å². The largest absolute Gasteiger partial charge is 0.417 e. The van der Waals surface area contributed by atoms with Gasteiger partial charge in [0.2, 0.25) is 0 Å². The monoisotopic (exact) mass is 177 g/mol. The first-order valence-corrected chi connectivity index (χ1v) is 3.18. The second-order valence-corrected chi connectivity index (χ2v) is 2.36. The van der Waals surface area contributed by atoms with Crippen molar-refractivity contribution in [3.8, 4) is 0 Å². The van der Waals surface area contributed by atoms with Crippen LogP contribution < -0.4 is 0 Å². The highest BCUT2D eigenvalue weighted by Crippen LogP contribution is 2.29. The molecule has 0 fully saturated rings. The molecule has 0 radical (unpaired) electrons. The molecule has 0 unspecified atom stereocenters. The predicted molar refractivity (Wildman–Crippen MR) is 35.8 cm³/mol. The fraction of sp³-hybridized carbons (Fsp3) is 0.286. The summed E-state index contributed by atoms with van der Waals surface area (Å²) in [5.41, 5.74) is -0.852. The van der Waals surface area contributed by atoms with E-state index in [9.17, 15) is 18.0 Å². The molecular formula is C7H6F3NO. The fourth-order valence-electron chi connectivity index (χ4n) is 0.761. The van der Waals surface area contributed by atoms with E-state index < -0.39 is 17.5 Å². The van der Waals surface area contributed by atoms with Crippen LogP contribution in [-0.4, -0.2) is 10.8 Å². The summed E-state index contributed by atoms with van der Waals surface area (Å²) in [6, 6.07) is 0.794. The van der Waals surface area contributed by atoms with Crippen molar-refractivity contribution < 1.29 is 18.0 Å². The number of alkyl halides is 3. The zero-order chi connectivity index (χ0) is 9.35. The molecule has 1 heterocycles. The number of H-pyrrole nitrogens is 1. The summed E-state index contributed by atoms with van der Waals surface area (Å²) in [7, 11) is 0. The van der Waals surface area contributed by atoms with Crippen LogP contribution in [0, 0.1) is 0 Å². The second kappa shape index (κ2) is 2.66.